The van der Waals surface area contributed by atoms with Crippen molar-refractivity contribution in [2.24, 2.45) is 4.99 Å². The monoisotopic (exact) mass is 234 g/mol. The van der Waals surface area contributed by atoms with E-state index in [4.69, 9.17) is 4.99 Å². The Morgan fingerprint density at radius 3 is 3.06 bits per heavy atom. The van der Waals surface area contributed by atoms with Gasteiger partial charge in [-0.3, -0.25) is 4.99 Å². The van der Waals surface area contributed by atoms with Gasteiger partial charge in [-0.1, -0.05) is 42.1 Å². The van der Waals surface area contributed by atoms with Crippen molar-refractivity contribution in [2.75, 3.05) is 18.8 Å². The molecule has 2 rings (SSSR count). The van der Waals surface area contributed by atoms with Crippen LogP contribution in [0.15, 0.2) is 40.9 Å². The number of hydrogen-bond donors (Lipinski definition) is 0. The molecule has 0 amide bonds. The molecule has 86 valence electrons. The predicted octanol–water partition coefficient (Wildman–Crippen LogP) is 2.85. The van der Waals surface area contributed by atoms with Crippen LogP contribution in [0.25, 0.3) is 0 Å². The second kappa shape index (κ2) is 5.39. The Hall–Kier alpha value is -0.960. The van der Waals surface area contributed by atoms with E-state index in [1.54, 1.807) is 0 Å². The van der Waals surface area contributed by atoms with Gasteiger partial charge in [0.15, 0.2) is 5.17 Å². The number of amidine groups is 1. The van der Waals surface area contributed by atoms with Gasteiger partial charge in [0.05, 0.1) is 6.04 Å². The van der Waals surface area contributed by atoms with Crippen LogP contribution in [0.1, 0.15) is 13.8 Å². The average molecular weight is 234 g/mol. The zero-order chi connectivity index (χ0) is 11.4. The maximum absolute atomic E-state index is 4.73. The van der Waals surface area contributed by atoms with Crippen molar-refractivity contribution in [2.45, 2.75) is 19.9 Å². The van der Waals surface area contributed by atoms with Gasteiger partial charge in [-0.05, 0) is 19.4 Å². The molecule has 0 aromatic heterocycles. The normalized spacial score (nSPS) is 25.9. The lowest BCUT2D eigenvalue weighted by molar-refractivity contribution is 0.476. The third-order valence-corrected chi connectivity index (χ3v) is 3.83. The second-order valence-electron chi connectivity index (χ2n) is 4.04. The van der Waals surface area contributed by atoms with E-state index < -0.39 is 0 Å². The number of aliphatic imine (C=N–C) groups is 1. The van der Waals surface area contributed by atoms with Crippen LogP contribution in [-0.4, -0.2) is 35.0 Å². The third kappa shape index (κ3) is 2.59. The maximum atomic E-state index is 4.73. The van der Waals surface area contributed by atoms with Crippen LogP contribution in [-0.2, 0) is 0 Å². The molecular formula is C13H18N2S. The van der Waals surface area contributed by atoms with E-state index in [1.165, 1.54) is 23.0 Å². The van der Waals surface area contributed by atoms with Gasteiger partial charge in [-0.15, -0.1) is 0 Å². The SMILES string of the molecule is C\C=C/C=C\C=C(/C)C1CN2CCSC2=N1. The highest BCUT2D eigenvalue weighted by molar-refractivity contribution is 8.14. The molecule has 0 spiro atoms. The first-order valence-corrected chi connectivity index (χ1v) is 6.71. The fraction of sp³-hybridized carbons (Fsp3) is 0.462. The largest absolute Gasteiger partial charge is 0.348 e. The zero-order valence-electron chi connectivity index (χ0n) is 9.89. The van der Waals surface area contributed by atoms with E-state index in [-0.39, 0.29) is 0 Å². The van der Waals surface area contributed by atoms with Gasteiger partial charge in [0, 0.05) is 18.8 Å². The van der Waals surface area contributed by atoms with Crippen molar-refractivity contribution in [3.05, 3.63) is 36.0 Å². The Labute approximate surface area is 102 Å². The fourth-order valence-corrected chi connectivity index (χ4v) is 2.89. The highest BCUT2D eigenvalue weighted by Gasteiger charge is 2.29. The molecule has 2 aliphatic heterocycles. The molecule has 16 heavy (non-hydrogen) atoms. The minimum absolute atomic E-state index is 0.373. The van der Waals surface area contributed by atoms with Gasteiger partial charge >= 0.3 is 0 Å². The number of allylic oxidation sites excluding steroid dienone is 5. The second-order valence-corrected chi connectivity index (χ2v) is 5.11. The first-order valence-electron chi connectivity index (χ1n) is 5.73. The number of rotatable bonds is 3. The van der Waals surface area contributed by atoms with Crippen molar-refractivity contribution in [3.8, 4) is 0 Å². The summed E-state index contributed by atoms with van der Waals surface area (Å²) >= 11 is 1.89. The average Bonchev–Trinajstić information content (AvgIpc) is 2.83. The summed E-state index contributed by atoms with van der Waals surface area (Å²) in [5.41, 5.74) is 1.35. The van der Waals surface area contributed by atoms with Crippen molar-refractivity contribution in [1.29, 1.82) is 0 Å². The first kappa shape index (κ1) is 11.5. The summed E-state index contributed by atoms with van der Waals surface area (Å²) in [6.45, 7) is 6.43. The molecule has 0 bridgehead atoms. The van der Waals surface area contributed by atoms with E-state index in [0.29, 0.717) is 6.04 Å². The highest BCUT2D eigenvalue weighted by atomic mass is 32.2. The molecule has 0 N–H and O–H groups in total. The van der Waals surface area contributed by atoms with E-state index in [0.717, 1.165) is 6.54 Å². The Balaban J connectivity index is 1.96. The van der Waals surface area contributed by atoms with Gasteiger partial charge < -0.3 is 4.90 Å². The first-order chi connectivity index (χ1) is 7.81. The van der Waals surface area contributed by atoms with Crippen molar-refractivity contribution < 1.29 is 0 Å². The Bertz CT molecular complexity index is 366. The quantitative estimate of drug-likeness (QED) is 0.698. The summed E-state index contributed by atoms with van der Waals surface area (Å²) in [6.07, 6.45) is 10.4. The minimum Gasteiger partial charge on any atom is -0.348 e. The summed E-state index contributed by atoms with van der Waals surface area (Å²) in [4.78, 5) is 7.13. The van der Waals surface area contributed by atoms with Gasteiger partial charge in [0.1, 0.15) is 0 Å². The smallest absolute Gasteiger partial charge is 0.160 e. The molecular weight excluding hydrogens is 216 g/mol. The molecule has 2 heterocycles. The minimum atomic E-state index is 0.373. The Kier molecular flexibility index (Phi) is 3.88. The number of fused-ring (bicyclic) bond motifs is 1. The summed E-state index contributed by atoms with van der Waals surface area (Å²) < 4.78 is 0. The van der Waals surface area contributed by atoms with Gasteiger partial charge in [0.25, 0.3) is 0 Å². The number of nitrogens with zero attached hydrogens (tertiary/aromatic N) is 2. The maximum Gasteiger partial charge on any atom is 0.160 e. The molecule has 0 aliphatic carbocycles. The van der Waals surface area contributed by atoms with Gasteiger partial charge in [-0.25, -0.2) is 0 Å². The lowest BCUT2D eigenvalue weighted by Gasteiger charge is -2.12. The van der Waals surface area contributed by atoms with Crippen LogP contribution in [0.5, 0.6) is 0 Å². The van der Waals surface area contributed by atoms with E-state index in [1.807, 2.05) is 30.8 Å². The van der Waals surface area contributed by atoms with Crippen molar-refractivity contribution in [3.63, 3.8) is 0 Å². The van der Waals surface area contributed by atoms with Crippen LogP contribution in [0.4, 0.5) is 0 Å². The van der Waals surface area contributed by atoms with Crippen LogP contribution in [0, 0.1) is 0 Å². The van der Waals surface area contributed by atoms with Crippen molar-refractivity contribution in [1.82, 2.24) is 4.90 Å². The lowest BCUT2D eigenvalue weighted by atomic mass is 10.1. The third-order valence-electron chi connectivity index (χ3n) is 2.82. The van der Waals surface area contributed by atoms with E-state index in [9.17, 15) is 0 Å². The number of hydrogen-bond acceptors (Lipinski definition) is 3. The molecule has 0 saturated carbocycles. The number of thioether (sulfide) groups is 1. The lowest BCUT2D eigenvalue weighted by Crippen LogP contribution is -2.24. The van der Waals surface area contributed by atoms with Gasteiger partial charge in [0.2, 0.25) is 0 Å². The van der Waals surface area contributed by atoms with Crippen LogP contribution in [0.3, 0.4) is 0 Å². The summed E-state index contributed by atoms with van der Waals surface area (Å²) in [5, 5.41) is 1.25. The Morgan fingerprint density at radius 2 is 2.31 bits per heavy atom. The molecule has 1 saturated heterocycles. The molecule has 2 nitrogen and oxygen atoms in total. The Morgan fingerprint density at radius 1 is 1.44 bits per heavy atom. The van der Waals surface area contributed by atoms with Gasteiger partial charge in [-0.2, -0.15) is 0 Å². The van der Waals surface area contributed by atoms with E-state index >= 15 is 0 Å². The molecule has 0 aromatic carbocycles. The predicted molar refractivity (Wildman–Crippen MR) is 73.0 cm³/mol. The van der Waals surface area contributed by atoms with Crippen LogP contribution >= 0.6 is 11.8 Å². The summed E-state index contributed by atoms with van der Waals surface area (Å²) in [6, 6.07) is 0.373. The molecule has 0 aromatic rings. The zero-order valence-corrected chi connectivity index (χ0v) is 10.7. The molecule has 0 radical (unpaired) electrons. The summed E-state index contributed by atoms with van der Waals surface area (Å²) in [7, 11) is 0. The fourth-order valence-electron chi connectivity index (χ4n) is 1.84. The molecule has 3 heteroatoms. The highest BCUT2D eigenvalue weighted by Crippen LogP contribution is 2.26. The van der Waals surface area contributed by atoms with Crippen molar-refractivity contribution >= 4 is 16.9 Å². The van der Waals surface area contributed by atoms with Crippen LogP contribution < -0.4 is 0 Å². The van der Waals surface area contributed by atoms with Crippen LogP contribution in [0.2, 0.25) is 0 Å². The molecule has 1 unspecified atom stereocenters. The molecule has 1 fully saturated rings. The van der Waals surface area contributed by atoms with E-state index in [2.05, 4.69) is 30.1 Å². The molecule has 2 aliphatic rings. The summed E-state index contributed by atoms with van der Waals surface area (Å²) in [5.74, 6) is 1.20. The molecule has 1 atom stereocenters. The topological polar surface area (TPSA) is 15.6 Å². The standard InChI is InChI=1S/C13H18N2S/c1-3-4-5-6-7-11(2)12-10-15-8-9-16-13(15)14-12/h3-7,12H,8-10H2,1-2H3/b4-3-,6-5-,11-7+.